The number of thioether (sulfide) groups is 1. The van der Waals surface area contributed by atoms with Gasteiger partial charge in [0.15, 0.2) is 0 Å². The first-order chi connectivity index (χ1) is 12.6. The van der Waals surface area contributed by atoms with Crippen molar-refractivity contribution in [3.63, 3.8) is 0 Å². The first kappa shape index (κ1) is 20.6. The molecule has 26 heavy (non-hydrogen) atoms. The Morgan fingerprint density at radius 2 is 2.00 bits per heavy atom. The fourth-order valence-corrected chi connectivity index (χ4v) is 3.44. The van der Waals surface area contributed by atoms with Crippen LogP contribution in [0.25, 0.3) is 0 Å². The Bertz CT molecular complexity index is 693. The summed E-state index contributed by atoms with van der Waals surface area (Å²) in [5.41, 5.74) is 1.95. The number of hydrogen-bond acceptors (Lipinski definition) is 5. The molecule has 6 heteroatoms. The highest BCUT2D eigenvalue weighted by Crippen LogP contribution is 2.26. The number of carbonyl (C=O) groups excluding carboxylic acids is 1. The van der Waals surface area contributed by atoms with Gasteiger partial charge in [-0.15, -0.1) is 0 Å². The predicted molar refractivity (Wildman–Crippen MR) is 106 cm³/mol. The van der Waals surface area contributed by atoms with Crippen LogP contribution < -0.4 is 4.74 Å². The SMILES string of the molecule is COC(=O)CCSCC(O)Cc1cc(Cl)ccc1OCc1ccccc1. The van der Waals surface area contributed by atoms with Crippen LogP contribution in [0.5, 0.6) is 5.75 Å². The third-order valence-corrected chi connectivity index (χ3v) is 5.05. The molecule has 0 bridgehead atoms. The van der Waals surface area contributed by atoms with Crippen LogP contribution in [-0.2, 0) is 22.6 Å². The molecular formula is C20H23ClO4S. The number of hydrogen-bond donors (Lipinski definition) is 1. The Balaban J connectivity index is 1.88. The summed E-state index contributed by atoms with van der Waals surface area (Å²) in [6.07, 6.45) is 0.238. The molecule has 0 saturated carbocycles. The summed E-state index contributed by atoms with van der Waals surface area (Å²) in [4.78, 5) is 11.1. The van der Waals surface area contributed by atoms with Gasteiger partial charge in [0.25, 0.3) is 0 Å². The van der Waals surface area contributed by atoms with Gasteiger partial charge in [0.1, 0.15) is 12.4 Å². The molecule has 2 aromatic rings. The van der Waals surface area contributed by atoms with Gasteiger partial charge in [0.2, 0.25) is 0 Å². The second-order valence-electron chi connectivity index (χ2n) is 5.79. The van der Waals surface area contributed by atoms with E-state index in [1.54, 1.807) is 6.07 Å². The van der Waals surface area contributed by atoms with Crippen molar-refractivity contribution in [1.29, 1.82) is 0 Å². The van der Waals surface area contributed by atoms with Gasteiger partial charge in [-0.3, -0.25) is 4.79 Å². The van der Waals surface area contributed by atoms with Crippen LogP contribution in [0.4, 0.5) is 0 Å². The fourth-order valence-electron chi connectivity index (χ4n) is 2.37. The Hall–Kier alpha value is -1.69. The van der Waals surface area contributed by atoms with Gasteiger partial charge in [-0.25, -0.2) is 0 Å². The maximum atomic E-state index is 11.1. The Kier molecular flexibility index (Phi) is 8.81. The smallest absolute Gasteiger partial charge is 0.306 e. The van der Waals surface area contributed by atoms with Crippen LogP contribution in [0.1, 0.15) is 17.5 Å². The number of methoxy groups -OCH3 is 1. The summed E-state index contributed by atoms with van der Waals surface area (Å²) >= 11 is 7.62. The van der Waals surface area contributed by atoms with E-state index in [9.17, 15) is 9.90 Å². The van der Waals surface area contributed by atoms with E-state index in [4.69, 9.17) is 16.3 Å². The zero-order valence-electron chi connectivity index (χ0n) is 14.7. The molecule has 0 radical (unpaired) electrons. The van der Waals surface area contributed by atoms with Crippen molar-refractivity contribution in [1.82, 2.24) is 0 Å². The van der Waals surface area contributed by atoms with Crippen molar-refractivity contribution in [3.8, 4) is 5.75 Å². The Morgan fingerprint density at radius 1 is 1.23 bits per heavy atom. The number of aliphatic hydroxyl groups is 1. The minimum Gasteiger partial charge on any atom is -0.489 e. The van der Waals surface area contributed by atoms with Crippen molar-refractivity contribution in [2.75, 3.05) is 18.6 Å². The van der Waals surface area contributed by atoms with Gasteiger partial charge in [-0.2, -0.15) is 11.8 Å². The fraction of sp³-hybridized carbons (Fsp3) is 0.350. The second-order valence-corrected chi connectivity index (χ2v) is 7.37. The van der Waals surface area contributed by atoms with E-state index in [2.05, 4.69) is 4.74 Å². The quantitative estimate of drug-likeness (QED) is 0.485. The molecule has 2 rings (SSSR count). The van der Waals surface area contributed by atoms with Gasteiger partial charge < -0.3 is 14.6 Å². The molecule has 1 N–H and O–H groups in total. The van der Waals surface area contributed by atoms with Gasteiger partial charge in [-0.05, 0) is 29.3 Å². The van der Waals surface area contributed by atoms with E-state index in [0.717, 1.165) is 16.9 Å². The summed E-state index contributed by atoms with van der Waals surface area (Å²) in [6.45, 7) is 0.458. The summed E-state index contributed by atoms with van der Waals surface area (Å²) in [6, 6.07) is 15.3. The van der Waals surface area contributed by atoms with Crippen LogP contribution >= 0.6 is 23.4 Å². The largest absolute Gasteiger partial charge is 0.489 e. The van der Waals surface area contributed by atoms with Crippen molar-refractivity contribution in [2.24, 2.45) is 0 Å². The van der Waals surface area contributed by atoms with Crippen molar-refractivity contribution in [3.05, 3.63) is 64.7 Å². The monoisotopic (exact) mass is 394 g/mol. The average molecular weight is 395 g/mol. The predicted octanol–water partition coefficient (Wildman–Crippen LogP) is 4.12. The molecule has 0 spiro atoms. The molecule has 0 amide bonds. The molecule has 1 atom stereocenters. The first-order valence-corrected chi connectivity index (χ1v) is 9.89. The number of ether oxygens (including phenoxy) is 2. The Labute approximate surface area is 163 Å². The standard InChI is InChI=1S/C20H23ClO4S/c1-24-20(23)9-10-26-14-18(22)12-16-11-17(21)7-8-19(16)25-13-15-5-3-2-4-6-15/h2-8,11,18,22H,9-10,12-14H2,1H3. The highest BCUT2D eigenvalue weighted by atomic mass is 35.5. The normalized spacial score (nSPS) is 11.8. The molecule has 4 nitrogen and oxygen atoms in total. The van der Waals surface area contributed by atoms with Crippen molar-refractivity contribution < 1.29 is 19.4 Å². The second kappa shape index (κ2) is 11.1. The maximum Gasteiger partial charge on any atom is 0.306 e. The van der Waals surface area contributed by atoms with Crippen molar-refractivity contribution in [2.45, 2.75) is 25.6 Å². The van der Waals surface area contributed by atoms with Gasteiger partial charge >= 0.3 is 5.97 Å². The lowest BCUT2D eigenvalue weighted by Crippen LogP contribution is -2.15. The van der Waals surface area contributed by atoms with E-state index in [0.29, 0.717) is 36.0 Å². The highest BCUT2D eigenvalue weighted by Gasteiger charge is 2.12. The summed E-state index contributed by atoms with van der Waals surface area (Å²) in [7, 11) is 1.37. The molecule has 0 aliphatic carbocycles. The van der Waals surface area contributed by atoms with Crippen molar-refractivity contribution >= 4 is 29.3 Å². The molecule has 2 aromatic carbocycles. The Morgan fingerprint density at radius 3 is 2.73 bits per heavy atom. The van der Waals surface area contributed by atoms with Crippen LogP contribution in [-0.4, -0.2) is 35.8 Å². The number of esters is 1. The minimum absolute atomic E-state index is 0.238. The number of aliphatic hydroxyl groups excluding tert-OH is 1. The average Bonchev–Trinajstić information content (AvgIpc) is 2.65. The molecule has 0 aromatic heterocycles. The van der Waals surface area contributed by atoms with E-state index in [1.807, 2.05) is 42.5 Å². The lowest BCUT2D eigenvalue weighted by molar-refractivity contribution is -0.140. The molecule has 0 aliphatic rings. The molecule has 140 valence electrons. The summed E-state index contributed by atoms with van der Waals surface area (Å²) < 4.78 is 10.5. The molecular weight excluding hydrogens is 372 g/mol. The van der Waals surface area contributed by atoms with E-state index < -0.39 is 6.10 Å². The number of halogens is 1. The minimum atomic E-state index is -0.546. The number of rotatable bonds is 10. The summed E-state index contributed by atoms with van der Waals surface area (Å²) in [5.74, 6) is 1.63. The van der Waals surface area contributed by atoms with Crippen LogP contribution in [0, 0.1) is 0 Å². The lowest BCUT2D eigenvalue weighted by Gasteiger charge is -2.15. The first-order valence-electron chi connectivity index (χ1n) is 8.36. The highest BCUT2D eigenvalue weighted by molar-refractivity contribution is 7.99. The zero-order valence-corrected chi connectivity index (χ0v) is 16.3. The van der Waals surface area contributed by atoms with E-state index in [-0.39, 0.29) is 5.97 Å². The topological polar surface area (TPSA) is 55.8 Å². The number of carbonyl (C=O) groups is 1. The molecule has 0 fully saturated rings. The third kappa shape index (κ3) is 7.28. The van der Waals surface area contributed by atoms with Gasteiger partial charge in [0.05, 0.1) is 19.6 Å². The summed E-state index contributed by atoms with van der Waals surface area (Å²) in [5, 5.41) is 10.9. The molecule has 0 aliphatic heterocycles. The zero-order chi connectivity index (χ0) is 18.8. The van der Waals surface area contributed by atoms with Crippen LogP contribution in [0.2, 0.25) is 5.02 Å². The lowest BCUT2D eigenvalue weighted by atomic mass is 10.1. The van der Waals surface area contributed by atoms with Gasteiger partial charge in [0, 0.05) is 22.9 Å². The third-order valence-electron chi connectivity index (χ3n) is 3.70. The van der Waals surface area contributed by atoms with Gasteiger partial charge in [-0.1, -0.05) is 41.9 Å². The number of benzene rings is 2. The molecule has 0 heterocycles. The maximum absolute atomic E-state index is 11.1. The van der Waals surface area contributed by atoms with E-state index in [1.165, 1.54) is 18.9 Å². The van der Waals surface area contributed by atoms with Crippen LogP contribution in [0.3, 0.4) is 0 Å². The molecule has 1 unspecified atom stereocenters. The molecule has 0 saturated heterocycles. The van der Waals surface area contributed by atoms with E-state index >= 15 is 0 Å². The van der Waals surface area contributed by atoms with Crippen LogP contribution in [0.15, 0.2) is 48.5 Å².